The fourth-order valence-corrected chi connectivity index (χ4v) is 2.46. The van der Waals surface area contributed by atoms with E-state index in [4.69, 9.17) is 17.3 Å². The van der Waals surface area contributed by atoms with Crippen LogP contribution in [0.3, 0.4) is 0 Å². The monoisotopic (exact) mass is 223 g/mol. The average molecular weight is 224 g/mol. The first kappa shape index (κ1) is 11.0. The number of halogens is 1. The molecule has 2 heteroatoms. The first-order valence-electron chi connectivity index (χ1n) is 5.62. The molecule has 0 saturated heterocycles. The summed E-state index contributed by atoms with van der Waals surface area (Å²) in [5, 5.41) is 0.831. The van der Waals surface area contributed by atoms with Crippen molar-refractivity contribution in [3.63, 3.8) is 0 Å². The molecule has 15 heavy (non-hydrogen) atoms. The van der Waals surface area contributed by atoms with Gasteiger partial charge in [0.2, 0.25) is 0 Å². The Morgan fingerprint density at radius 2 is 1.87 bits per heavy atom. The van der Waals surface area contributed by atoms with Gasteiger partial charge in [-0.15, -0.1) is 0 Å². The van der Waals surface area contributed by atoms with Crippen molar-refractivity contribution >= 4 is 11.6 Å². The lowest BCUT2D eigenvalue weighted by Crippen LogP contribution is -2.27. The molecule has 1 fully saturated rings. The fourth-order valence-electron chi connectivity index (χ4n) is 2.11. The van der Waals surface area contributed by atoms with E-state index in [9.17, 15) is 0 Å². The maximum absolute atomic E-state index is 6.24. The van der Waals surface area contributed by atoms with Crippen LogP contribution in [0.15, 0.2) is 12.1 Å². The highest BCUT2D eigenvalue weighted by Crippen LogP contribution is 2.38. The molecule has 0 radical (unpaired) electrons. The highest BCUT2D eigenvalue weighted by Gasteiger charge is 2.27. The quantitative estimate of drug-likeness (QED) is 0.812. The van der Waals surface area contributed by atoms with E-state index in [-0.39, 0.29) is 6.04 Å². The summed E-state index contributed by atoms with van der Waals surface area (Å²) in [6.45, 7) is 4.20. The molecule has 1 aromatic carbocycles. The predicted octanol–water partition coefficient (Wildman–Crippen LogP) is 3.76. The predicted molar refractivity (Wildman–Crippen MR) is 65.2 cm³/mol. The van der Waals surface area contributed by atoms with E-state index >= 15 is 0 Å². The van der Waals surface area contributed by atoms with E-state index in [1.807, 2.05) is 6.07 Å². The average Bonchev–Trinajstić information content (AvgIpc) is 2.08. The van der Waals surface area contributed by atoms with Crippen LogP contribution in [-0.4, -0.2) is 0 Å². The molecule has 1 aliphatic rings. The zero-order chi connectivity index (χ0) is 11.0. The molecular formula is C13H18ClN. The fraction of sp³-hybridized carbons (Fsp3) is 0.538. The topological polar surface area (TPSA) is 26.0 Å². The molecule has 82 valence electrons. The van der Waals surface area contributed by atoms with E-state index in [1.165, 1.54) is 30.4 Å². The highest BCUT2D eigenvalue weighted by atomic mass is 35.5. The minimum atomic E-state index is 0.130. The second-order valence-corrected chi connectivity index (χ2v) is 5.08. The molecular weight excluding hydrogens is 206 g/mol. The molecule has 1 aliphatic carbocycles. The van der Waals surface area contributed by atoms with Crippen LogP contribution < -0.4 is 5.73 Å². The van der Waals surface area contributed by atoms with Crippen LogP contribution in [0, 0.1) is 19.8 Å². The molecule has 1 aromatic rings. The van der Waals surface area contributed by atoms with Gasteiger partial charge in [0.1, 0.15) is 0 Å². The smallest absolute Gasteiger partial charge is 0.0456 e. The summed E-state index contributed by atoms with van der Waals surface area (Å²) in [4.78, 5) is 0. The van der Waals surface area contributed by atoms with Gasteiger partial charge < -0.3 is 5.73 Å². The van der Waals surface area contributed by atoms with Crippen LogP contribution in [-0.2, 0) is 0 Å². The normalized spacial score (nSPS) is 18.7. The summed E-state index contributed by atoms with van der Waals surface area (Å²) < 4.78 is 0. The molecule has 1 nitrogen and oxygen atoms in total. The number of nitrogens with two attached hydrogens (primary N) is 1. The Balaban J connectivity index is 2.30. The molecule has 1 unspecified atom stereocenters. The first-order chi connectivity index (χ1) is 7.09. The Kier molecular flexibility index (Phi) is 3.03. The minimum Gasteiger partial charge on any atom is -0.324 e. The van der Waals surface area contributed by atoms with Gasteiger partial charge in [0, 0.05) is 11.1 Å². The highest BCUT2D eigenvalue weighted by molar-refractivity contribution is 6.31. The first-order valence-corrected chi connectivity index (χ1v) is 5.99. The Hall–Kier alpha value is -0.530. The molecule has 0 aliphatic heterocycles. The summed E-state index contributed by atoms with van der Waals surface area (Å²) in [7, 11) is 0. The summed E-state index contributed by atoms with van der Waals surface area (Å²) >= 11 is 6.24. The van der Waals surface area contributed by atoms with Crippen LogP contribution in [0.1, 0.15) is 42.0 Å². The third-order valence-electron chi connectivity index (χ3n) is 3.63. The van der Waals surface area contributed by atoms with Gasteiger partial charge in [0.25, 0.3) is 0 Å². The Bertz CT molecular complexity index is 369. The van der Waals surface area contributed by atoms with Gasteiger partial charge in [-0.25, -0.2) is 0 Å². The van der Waals surface area contributed by atoms with E-state index in [2.05, 4.69) is 19.9 Å². The number of hydrogen-bond donors (Lipinski definition) is 1. The van der Waals surface area contributed by atoms with E-state index in [0.29, 0.717) is 5.92 Å². The third-order valence-corrected chi connectivity index (χ3v) is 3.96. The van der Waals surface area contributed by atoms with Crippen LogP contribution in [0.2, 0.25) is 5.02 Å². The lowest BCUT2D eigenvalue weighted by atomic mass is 9.77. The van der Waals surface area contributed by atoms with Crippen LogP contribution >= 0.6 is 11.6 Å². The lowest BCUT2D eigenvalue weighted by molar-refractivity contribution is 0.264. The minimum absolute atomic E-state index is 0.130. The second kappa shape index (κ2) is 4.15. The SMILES string of the molecule is Cc1cc(Cl)c(C(N)C2CCC2)cc1C. The largest absolute Gasteiger partial charge is 0.324 e. The van der Waals surface area contributed by atoms with Gasteiger partial charge in [0.15, 0.2) is 0 Å². The molecule has 0 spiro atoms. The van der Waals surface area contributed by atoms with Gasteiger partial charge >= 0.3 is 0 Å². The maximum atomic E-state index is 6.24. The van der Waals surface area contributed by atoms with Crippen molar-refractivity contribution in [3.8, 4) is 0 Å². The summed E-state index contributed by atoms with van der Waals surface area (Å²) in [5.41, 5.74) is 9.89. The van der Waals surface area contributed by atoms with Gasteiger partial charge in [-0.3, -0.25) is 0 Å². The zero-order valence-electron chi connectivity index (χ0n) is 9.39. The van der Waals surface area contributed by atoms with Gasteiger partial charge in [-0.2, -0.15) is 0 Å². The van der Waals surface area contributed by atoms with Crippen LogP contribution in [0.25, 0.3) is 0 Å². The van der Waals surface area contributed by atoms with E-state index in [1.54, 1.807) is 0 Å². The number of benzene rings is 1. The van der Waals surface area contributed by atoms with Gasteiger partial charge in [-0.1, -0.05) is 24.1 Å². The molecule has 1 saturated carbocycles. The van der Waals surface area contributed by atoms with Crippen molar-refractivity contribution in [2.24, 2.45) is 11.7 Å². The molecule has 0 aromatic heterocycles. The molecule has 1 atom stereocenters. The van der Waals surface area contributed by atoms with Crippen LogP contribution in [0.4, 0.5) is 0 Å². The zero-order valence-corrected chi connectivity index (χ0v) is 10.1. The molecule has 0 heterocycles. The van der Waals surface area contributed by atoms with Crippen molar-refractivity contribution < 1.29 is 0 Å². The van der Waals surface area contributed by atoms with Crippen molar-refractivity contribution in [1.82, 2.24) is 0 Å². The number of hydrogen-bond acceptors (Lipinski definition) is 1. The van der Waals surface area contributed by atoms with Crippen molar-refractivity contribution in [2.75, 3.05) is 0 Å². The second-order valence-electron chi connectivity index (χ2n) is 4.67. The number of aryl methyl sites for hydroxylation is 2. The molecule has 0 bridgehead atoms. The van der Waals surface area contributed by atoms with Crippen molar-refractivity contribution in [1.29, 1.82) is 0 Å². The van der Waals surface area contributed by atoms with Crippen molar-refractivity contribution in [2.45, 2.75) is 39.2 Å². The van der Waals surface area contributed by atoms with Gasteiger partial charge in [-0.05, 0) is 55.4 Å². The molecule has 0 amide bonds. The summed E-state index contributed by atoms with van der Waals surface area (Å²) in [6.07, 6.45) is 3.83. The van der Waals surface area contributed by atoms with Gasteiger partial charge in [0.05, 0.1) is 0 Å². The maximum Gasteiger partial charge on any atom is 0.0456 e. The lowest BCUT2D eigenvalue weighted by Gasteiger charge is -2.32. The Morgan fingerprint density at radius 3 is 2.40 bits per heavy atom. The van der Waals surface area contributed by atoms with Crippen molar-refractivity contribution in [3.05, 3.63) is 33.8 Å². The third kappa shape index (κ3) is 2.04. The molecule has 2 rings (SSSR count). The Labute approximate surface area is 96.6 Å². The van der Waals surface area contributed by atoms with Crippen LogP contribution in [0.5, 0.6) is 0 Å². The molecule has 2 N–H and O–H groups in total. The van der Waals surface area contributed by atoms with E-state index < -0.39 is 0 Å². The summed E-state index contributed by atoms with van der Waals surface area (Å²) in [6, 6.07) is 4.32. The summed E-state index contributed by atoms with van der Waals surface area (Å²) in [5.74, 6) is 0.643. The van der Waals surface area contributed by atoms with E-state index in [0.717, 1.165) is 10.6 Å². The number of rotatable bonds is 2. The standard InChI is InChI=1S/C13H18ClN/c1-8-6-11(12(14)7-9(8)2)13(15)10-4-3-5-10/h6-7,10,13H,3-5,15H2,1-2H3. The Morgan fingerprint density at radius 1 is 1.27 bits per heavy atom.